The Balaban J connectivity index is 1.77. The molecule has 1 N–H and O–H groups in total. The first-order valence-corrected chi connectivity index (χ1v) is 9.84. The number of hydrogen-bond acceptors (Lipinski definition) is 3. The summed E-state index contributed by atoms with van der Waals surface area (Å²) in [6, 6.07) is 26.0. The second kappa shape index (κ2) is 8.60. The van der Waals surface area contributed by atoms with Crippen molar-refractivity contribution in [2.24, 2.45) is 0 Å². The highest BCUT2D eigenvalue weighted by Gasteiger charge is 2.30. The van der Waals surface area contributed by atoms with Crippen LogP contribution in [0.2, 0.25) is 0 Å². The number of hydrogen-bond donors (Lipinski definition) is 1. The van der Waals surface area contributed by atoms with Crippen molar-refractivity contribution < 1.29 is 13.2 Å². The van der Waals surface area contributed by atoms with Gasteiger partial charge in [0.15, 0.2) is 5.82 Å². The Labute approximate surface area is 178 Å². The molecule has 0 fully saturated rings. The van der Waals surface area contributed by atoms with Crippen molar-refractivity contribution >= 4 is 5.82 Å². The van der Waals surface area contributed by atoms with E-state index in [0.717, 1.165) is 23.3 Å². The molecule has 0 aliphatic heterocycles. The standard InChI is InChI=1S/C25H20F3N3/c1-17(18-9-4-2-5-10-18)29-23-16-22(20-13-8-14-21(15-20)25(26,27)28)30-24(31-23)19-11-6-3-7-12-19/h2-17H,1H3,(H,29,30,31). The van der Waals surface area contributed by atoms with E-state index in [9.17, 15) is 13.2 Å². The minimum Gasteiger partial charge on any atom is -0.363 e. The highest BCUT2D eigenvalue weighted by molar-refractivity contribution is 5.68. The van der Waals surface area contributed by atoms with Gasteiger partial charge in [0.2, 0.25) is 0 Å². The van der Waals surface area contributed by atoms with Gasteiger partial charge in [0.1, 0.15) is 5.82 Å². The van der Waals surface area contributed by atoms with Crippen LogP contribution in [-0.4, -0.2) is 9.97 Å². The van der Waals surface area contributed by atoms with Gasteiger partial charge in [-0.25, -0.2) is 9.97 Å². The van der Waals surface area contributed by atoms with Gasteiger partial charge in [-0.3, -0.25) is 0 Å². The molecule has 156 valence electrons. The van der Waals surface area contributed by atoms with Gasteiger partial charge in [0, 0.05) is 23.2 Å². The Morgan fingerprint density at radius 2 is 1.39 bits per heavy atom. The van der Waals surface area contributed by atoms with Crippen molar-refractivity contribution in [2.45, 2.75) is 19.1 Å². The molecule has 1 atom stereocenters. The van der Waals surface area contributed by atoms with E-state index in [1.54, 1.807) is 12.1 Å². The van der Waals surface area contributed by atoms with E-state index in [2.05, 4.69) is 15.3 Å². The first kappa shape index (κ1) is 20.6. The molecular formula is C25H20F3N3. The monoisotopic (exact) mass is 419 g/mol. The van der Waals surface area contributed by atoms with Crippen LogP contribution in [0.3, 0.4) is 0 Å². The zero-order valence-corrected chi connectivity index (χ0v) is 16.8. The van der Waals surface area contributed by atoms with Gasteiger partial charge in [-0.05, 0) is 24.6 Å². The molecule has 0 saturated heterocycles. The largest absolute Gasteiger partial charge is 0.416 e. The summed E-state index contributed by atoms with van der Waals surface area (Å²) in [7, 11) is 0. The number of halogens is 3. The first-order chi connectivity index (χ1) is 14.9. The number of anilines is 1. The van der Waals surface area contributed by atoms with Crippen LogP contribution in [0.1, 0.15) is 24.1 Å². The van der Waals surface area contributed by atoms with Crippen molar-refractivity contribution in [1.29, 1.82) is 0 Å². The number of nitrogens with zero attached hydrogens (tertiary/aromatic N) is 2. The van der Waals surface area contributed by atoms with Gasteiger partial charge in [0.05, 0.1) is 11.3 Å². The van der Waals surface area contributed by atoms with Crippen LogP contribution < -0.4 is 5.32 Å². The molecule has 0 bridgehead atoms. The minimum atomic E-state index is -4.42. The SMILES string of the molecule is CC(Nc1cc(-c2cccc(C(F)(F)F)c2)nc(-c2ccccc2)n1)c1ccccc1. The summed E-state index contributed by atoms with van der Waals surface area (Å²) in [5, 5.41) is 3.35. The van der Waals surface area contributed by atoms with Crippen molar-refractivity contribution in [2.75, 3.05) is 5.32 Å². The van der Waals surface area contributed by atoms with Crippen molar-refractivity contribution in [1.82, 2.24) is 9.97 Å². The van der Waals surface area contributed by atoms with Gasteiger partial charge in [-0.2, -0.15) is 13.2 Å². The molecule has 31 heavy (non-hydrogen) atoms. The third-order valence-corrected chi connectivity index (χ3v) is 4.91. The summed E-state index contributed by atoms with van der Waals surface area (Å²) in [5.41, 5.74) is 1.94. The van der Waals surface area contributed by atoms with Crippen LogP contribution in [0.5, 0.6) is 0 Å². The molecule has 1 heterocycles. The van der Waals surface area contributed by atoms with E-state index in [1.165, 1.54) is 6.07 Å². The van der Waals surface area contributed by atoms with E-state index >= 15 is 0 Å². The lowest BCUT2D eigenvalue weighted by Gasteiger charge is -2.17. The second-order valence-corrected chi connectivity index (χ2v) is 7.18. The fourth-order valence-electron chi connectivity index (χ4n) is 3.29. The van der Waals surface area contributed by atoms with Crippen LogP contribution in [0.25, 0.3) is 22.6 Å². The maximum atomic E-state index is 13.2. The van der Waals surface area contributed by atoms with Gasteiger partial charge < -0.3 is 5.32 Å². The van der Waals surface area contributed by atoms with Gasteiger partial charge in [-0.1, -0.05) is 72.8 Å². The van der Waals surface area contributed by atoms with Crippen LogP contribution in [0.15, 0.2) is 91.0 Å². The van der Waals surface area contributed by atoms with Crippen molar-refractivity contribution in [3.8, 4) is 22.6 Å². The molecule has 0 amide bonds. The molecular weight excluding hydrogens is 399 g/mol. The Kier molecular flexibility index (Phi) is 5.71. The van der Waals surface area contributed by atoms with Gasteiger partial charge in [-0.15, -0.1) is 0 Å². The maximum Gasteiger partial charge on any atom is 0.416 e. The Hall–Kier alpha value is -3.67. The molecule has 0 spiro atoms. The summed E-state index contributed by atoms with van der Waals surface area (Å²) in [6.07, 6.45) is -4.42. The van der Waals surface area contributed by atoms with Crippen LogP contribution in [0, 0.1) is 0 Å². The van der Waals surface area contributed by atoms with E-state index in [0.29, 0.717) is 22.9 Å². The topological polar surface area (TPSA) is 37.8 Å². The first-order valence-electron chi connectivity index (χ1n) is 9.84. The molecule has 1 unspecified atom stereocenters. The average Bonchev–Trinajstić information content (AvgIpc) is 2.79. The second-order valence-electron chi connectivity index (χ2n) is 7.18. The molecule has 1 aromatic heterocycles. The highest BCUT2D eigenvalue weighted by atomic mass is 19.4. The fraction of sp³-hybridized carbons (Fsp3) is 0.120. The lowest BCUT2D eigenvalue weighted by atomic mass is 10.1. The molecule has 0 saturated carbocycles. The van der Waals surface area contributed by atoms with E-state index in [-0.39, 0.29) is 6.04 Å². The number of alkyl halides is 3. The quantitative estimate of drug-likeness (QED) is 0.378. The van der Waals surface area contributed by atoms with Crippen LogP contribution in [-0.2, 0) is 6.18 Å². The average molecular weight is 419 g/mol. The lowest BCUT2D eigenvalue weighted by Crippen LogP contribution is -2.09. The third kappa shape index (κ3) is 4.91. The molecule has 0 aliphatic rings. The smallest absolute Gasteiger partial charge is 0.363 e. The van der Waals surface area contributed by atoms with Gasteiger partial charge >= 0.3 is 6.18 Å². The summed E-state index contributed by atoms with van der Waals surface area (Å²) in [6.45, 7) is 2.00. The number of benzene rings is 3. The fourth-order valence-corrected chi connectivity index (χ4v) is 3.29. The molecule has 3 nitrogen and oxygen atoms in total. The van der Waals surface area contributed by atoms with E-state index < -0.39 is 11.7 Å². The predicted octanol–water partition coefficient (Wildman–Crippen LogP) is 7.00. The summed E-state index contributed by atoms with van der Waals surface area (Å²) in [5.74, 6) is 0.982. The zero-order valence-electron chi connectivity index (χ0n) is 16.8. The Morgan fingerprint density at radius 3 is 2.06 bits per heavy atom. The number of nitrogens with one attached hydrogen (secondary N) is 1. The minimum absolute atomic E-state index is 0.0471. The molecule has 3 aromatic carbocycles. The Morgan fingerprint density at radius 1 is 0.742 bits per heavy atom. The normalized spacial score (nSPS) is 12.4. The lowest BCUT2D eigenvalue weighted by molar-refractivity contribution is -0.137. The zero-order chi connectivity index (χ0) is 21.8. The molecule has 0 radical (unpaired) electrons. The van der Waals surface area contributed by atoms with E-state index in [1.807, 2.05) is 67.6 Å². The summed E-state index contributed by atoms with van der Waals surface area (Å²) < 4.78 is 39.7. The predicted molar refractivity (Wildman–Crippen MR) is 116 cm³/mol. The maximum absolute atomic E-state index is 13.2. The molecule has 4 rings (SSSR count). The number of rotatable bonds is 5. The van der Waals surface area contributed by atoms with Crippen LogP contribution >= 0.6 is 0 Å². The molecule has 6 heteroatoms. The number of aromatic nitrogens is 2. The van der Waals surface area contributed by atoms with Crippen molar-refractivity contribution in [3.05, 3.63) is 102 Å². The summed E-state index contributed by atoms with van der Waals surface area (Å²) in [4.78, 5) is 9.18. The van der Waals surface area contributed by atoms with Crippen molar-refractivity contribution in [3.63, 3.8) is 0 Å². The third-order valence-electron chi connectivity index (χ3n) is 4.91. The van der Waals surface area contributed by atoms with Gasteiger partial charge in [0.25, 0.3) is 0 Å². The molecule has 0 aliphatic carbocycles. The summed E-state index contributed by atoms with van der Waals surface area (Å²) >= 11 is 0. The Bertz CT molecular complexity index is 1160. The van der Waals surface area contributed by atoms with E-state index in [4.69, 9.17) is 0 Å². The van der Waals surface area contributed by atoms with Crippen LogP contribution in [0.4, 0.5) is 19.0 Å². The highest BCUT2D eigenvalue weighted by Crippen LogP contribution is 2.33. The molecule has 4 aromatic rings.